The number of nitrogens with one attached hydrogen (secondary N) is 1. The van der Waals surface area contributed by atoms with Crippen molar-refractivity contribution in [2.75, 3.05) is 0 Å². The second kappa shape index (κ2) is 6.63. The zero-order valence-corrected chi connectivity index (χ0v) is 18.4. The summed E-state index contributed by atoms with van der Waals surface area (Å²) in [4.78, 5) is 23.4. The van der Waals surface area contributed by atoms with E-state index < -0.39 is 5.97 Å². The van der Waals surface area contributed by atoms with Gasteiger partial charge < -0.3 is 15.2 Å². The van der Waals surface area contributed by atoms with E-state index in [-0.39, 0.29) is 74.0 Å². The van der Waals surface area contributed by atoms with E-state index in [0.717, 1.165) is 44.9 Å². The molecule has 1 N–H and O–H groups in total. The third-order valence-electron chi connectivity index (χ3n) is 8.38. The summed E-state index contributed by atoms with van der Waals surface area (Å²) in [7, 11) is 0. The first-order valence-electron chi connectivity index (χ1n) is 9.36. The van der Waals surface area contributed by atoms with Gasteiger partial charge in [-0.2, -0.15) is 0 Å². The fraction of sp³-hybridized carbons (Fsp3) is 0.895. The summed E-state index contributed by atoms with van der Waals surface area (Å²) in [5, 5.41) is 14.8. The van der Waals surface area contributed by atoms with Gasteiger partial charge in [0.15, 0.2) is 0 Å². The maximum Gasteiger partial charge on any atom is 1.00 e. The molecule has 0 radical (unpaired) electrons. The first kappa shape index (κ1) is 19.3. The Labute approximate surface area is 187 Å². The van der Waals surface area contributed by atoms with Gasteiger partial charge in [0.1, 0.15) is 0 Å². The van der Waals surface area contributed by atoms with Crippen molar-refractivity contribution in [1.82, 2.24) is 5.32 Å². The van der Waals surface area contributed by atoms with Gasteiger partial charge in [0.2, 0.25) is 5.91 Å². The van der Waals surface area contributed by atoms with Crippen LogP contribution in [0.25, 0.3) is 0 Å². The van der Waals surface area contributed by atoms with E-state index in [4.69, 9.17) is 0 Å². The first-order chi connectivity index (χ1) is 10.9. The number of amides is 1. The minimum atomic E-state index is -0.835. The van der Waals surface area contributed by atoms with Crippen LogP contribution in [0.3, 0.4) is 0 Å². The molecule has 1 unspecified atom stereocenters. The molecule has 3 aliphatic carbocycles. The molecule has 0 aromatic heterocycles. The monoisotopic (exact) mass is 357 g/mol. The van der Waals surface area contributed by atoms with Crippen LogP contribution in [-0.4, -0.2) is 17.9 Å². The van der Waals surface area contributed by atoms with Crippen molar-refractivity contribution in [2.45, 2.75) is 71.3 Å². The molecule has 4 rings (SSSR count). The van der Waals surface area contributed by atoms with Crippen LogP contribution in [-0.2, 0) is 9.59 Å². The summed E-state index contributed by atoms with van der Waals surface area (Å²) in [6, 6.07) is 0.327. The summed E-state index contributed by atoms with van der Waals surface area (Å²) in [6.45, 7) is 4.58. The van der Waals surface area contributed by atoms with Crippen LogP contribution in [0.15, 0.2) is 0 Å². The molecule has 0 aromatic rings. The Balaban J connectivity index is 0.00000169. The van der Waals surface area contributed by atoms with Crippen molar-refractivity contribution in [3.63, 3.8) is 0 Å². The predicted octanol–water partition coefficient (Wildman–Crippen LogP) is -1.12. The van der Waals surface area contributed by atoms with E-state index in [2.05, 4.69) is 19.2 Å². The van der Waals surface area contributed by atoms with Crippen molar-refractivity contribution < 1.29 is 66.1 Å². The molecule has 128 valence electrons. The Morgan fingerprint density at radius 1 is 1.04 bits per heavy atom. The average Bonchev–Trinajstić information content (AvgIpc) is 2.85. The molecule has 1 saturated heterocycles. The van der Waals surface area contributed by atoms with E-state index in [1.54, 1.807) is 0 Å². The minimum Gasteiger partial charge on any atom is -0.550 e. The molecule has 24 heavy (non-hydrogen) atoms. The molecule has 0 spiro atoms. The molecule has 5 heteroatoms. The first-order valence-corrected chi connectivity index (χ1v) is 9.36. The van der Waals surface area contributed by atoms with Crippen molar-refractivity contribution in [3.05, 3.63) is 0 Å². The Kier molecular flexibility index (Phi) is 5.34. The SMILES string of the molecule is C[C@]12CC[C@H]3[C@@H](CCC4NC(=O)CC[C@@]43C)[C@@H]1CC[C@@H]2C(=O)[O-].[K+]. The third kappa shape index (κ3) is 2.68. The van der Waals surface area contributed by atoms with Crippen LogP contribution in [0.2, 0.25) is 0 Å². The van der Waals surface area contributed by atoms with Gasteiger partial charge in [-0.3, -0.25) is 4.79 Å². The summed E-state index contributed by atoms with van der Waals surface area (Å²) >= 11 is 0. The molecule has 3 saturated carbocycles. The number of hydrogen-bond acceptors (Lipinski definition) is 3. The second-order valence-corrected chi connectivity index (χ2v) is 9.07. The van der Waals surface area contributed by atoms with Gasteiger partial charge >= 0.3 is 51.4 Å². The third-order valence-corrected chi connectivity index (χ3v) is 8.38. The molecule has 0 aromatic carbocycles. The minimum absolute atomic E-state index is 0. The standard InChI is InChI=1S/C19H29NO3.K/c1-18-9-7-13-11(12(18)4-5-14(18)17(22)23)3-6-15-19(13,2)10-8-16(21)20-15;/h11-15H,3-10H2,1-2H3,(H,20,21)(H,22,23);/q;+1/p-1/t11-,12-,13-,14+,15?,18-,19+;/m0./s1. The van der Waals surface area contributed by atoms with Crippen LogP contribution < -0.4 is 61.8 Å². The van der Waals surface area contributed by atoms with Gasteiger partial charge in [0, 0.05) is 24.3 Å². The van der Waals surface area contributed by atoms with E-state index >= 15 is 0 Å². The summed E-state index contributed by atoms with van der Waals surface area (Å²) < 4.78 is 0. The summed E-state index contributed by atoms with van der Waals surface area (Å²) in [5.41, 5.74) is 0.138. The van der Waals surface area contributed by atoms with Gasteiger partial charge in [0.05, 0.1) is 0 Å². The van der Waals surface area contributed by atoms with E-state index in [1.807, 2.05) is 0 Å². The molecule has 1 heterocycles. The molecular formula is C19H28KNO3. The van der Waals surface area contributed by atoms with E-state index in [0.29, 0.717) is 30.2 Å². The molecule has 4 aliphatic rings. The van der Waals surface area contributed by atoms with Crippen LogP contribution in [0.1, 0.15) is 65.2 Å². The molecule has 7 atom stereocenters. The molecule has 4 nitrogen and oxygen atoms in total. The van der Waals surface area contributed by atoms with Gasteiger partial charge in [-0.15, -0.1) is 0 Å². The maximum atomic E-state index is 11.8. The quantitative estimate of drug-likeness (QED) is 0.604. The zero-order chi connectivity index (χ0) is 16.4. The molecular weight excluding hydrogens is 329 g/mol. The van der Waals surface area contributed by atoms with E-state index in [1.165, 1.54) is 0 Å². The van der Waals surface area contributed by atoms with Gasteiger partial charge in [-0.05, 0) is 73.5 Å². The number of carbonyl (C=O) groups is 2. The van der Waals surface area contributed by atoms with Crippen molar-refractivity contribution in [2.24, 2.45) is 34.5 Å². The number of carboxylic acids is 1. The Hall–Kier alpha value is 0.576. The number of fused-ring (bicyclic) bond motifs is 5. The van der Waals surface area contributed by atoms with Gasteiger partial charge in [-0.1, -0.05) is 13.8 Å². The predicted molar refractivity (Wildman–Crippen MR) is 84.0 cm³/mol. The average molecular weight is 358 g/mol. The van der Waals surface area contributed by atoms with Crippen LogP contribution in [0, 0.1) is 34.5 Å². The number of carboxylic acid groups (broad SMARTS) is 1. The summed E-state index contributed by atoms with van der Waals surface area (Å²) in [6.07, 6.45) is 7.82. The molecule has 1 amide bonds. The zero-order valence-electron chi connectivity index (χ0n) is 15.3. The van der Waals surface area contributed by atoms with Crippen molar-refractivity contribution >= 4 is 11.9 Å². The normalized spacial score (nSPS) is 49.9. The largest absolute Gasteiger partial charge is 1.00 e. The Morgan fingerprint density at radius 3 is 2.46 bits per heavy atom. The number of aliphatic carboxylic acids is 1. The Morgan fingerprint density at radius 2 is 1.75 bits per heavy atom. The van der Waals surface area contributed by atoms with E-state index in [9.17, 15) is 14.7 Å². The molecule has 1 aliphatic heterocycles. The topological polar surface area (TPSA) is 69.2 Å². The van der Waals surface area contributed by atoms with Crippen molar-refractivity contribution in [1.29, 1.82) is 0 Å². The van der Waals surface area contributed by atoms with Gasteiger partial charge in [-0.25, -0.2) is 0 Å². The number of piperidine rings is 1. The molecule has 0 bridgehead atoms. The molecule has 4 fully saturated rings. The smallest absolute Gasteiger partial charge is 0.550 e. The van der Waals surface area contributed by atoms with Crippen LogP contribution >= 0.6 is 0 Å². The second-order valence-electron chi connectivity index (χ2n) is 9.07. The number of rotatable bonds is 1. The summed E-state index contributed by atoms with van der Waals surface area (Å²) in [5.74, 6) is 0.919. The maximum absolute atomic E-state index is 11.8. The fourth-order valence-corrected chi connectivity index (χ4v) is 7.09. The van der Waals surface area contributed by atoms with Gasteiger partial charge in [0.25, 0.3) is 0 Å². The number of carbonyl (C=O) groups excluding carboxylic acids is 2. The van der Waals surface area contributed by atoms with Crippen LogP contribution in [0.4, 0.5) is 0 Å². The van der Waals surface area contributed by atoms with Crippen LogP contribution in [0.5, 0.6) is 0 Å². The Bertz CT molecular complexity index is 553. The van der Waals surface area contributed by atoms with Crippen molar-refractivity contribution in [3.8, 4) is 0 Å². The fourth-order valence-electron chi connectivity index (χ4n) is 7.09. The number of hydrogen-bond donors (Lipinski definition) is 1.